The molecular weight excluding hydrogens is 146 g/mol. The van der Waals surface area contributed by atoms with Crippen molar-refractivity contribution in [2.75, 3.05) is 5.75 Å². The fourth-order valence-corrected chi connectivity index (χ4v) is 1.12. The van der Waals surface area contributed by atoms with Crippen LogP contribution in [0.3, 0.4) is 0 Å². The average molecular weight is 151 g/mol. The Balaban J connectivity index is 2.83. The van der Waals surface area contributed by atoms with Gasteiger partial charge in [0.25, 0.3) is 0 Å². The summed E-state index contributed by atoms with van der Waals surface area (Å²) in [6, 6.07) is 0. The number of rotatable bonds is 3. The first-order valence-electron chi connectivity index (χ1n) is 1.77. The van der Waals surface area contributed by atoms with E-state index >= 15 is 0 Å². The summed E-state index contributed by atoms with van der Waals surface area (Å²) in [6.45, 7) is 2.07. The Kier molecular flexibility index (Phi) is 6.96. The van der Waals surface area contributed by atoms with Crippen LogP contribution in [-0.4, -0.2) is 10.9 Å². The molecule has 0 fully saturated rings. The van der Waals surface area contributed by atoms with E-state index < -0.39 is 0 Å². The smallest absolute Gasteiger partial charge is 0.0728 e. The van der Waals surface area contributed by atoms with Crippen LogP contribution in [0.1, 0.15) is 6.92 Å². The molecule has 0 saturated carbocycles. The molecule has 7 heavy (non-hydrogen) atoms. The van der Waals surface area contributed by atoms with Crippen molar-refractivity contribution in [3.8, 4) is 0 Å². The van der Waals surface area contributed by atoms with Gasteiger partial charge in [-0.15, -0.1) is 4.40 Å². The Morgan fingerprint density at radius 2 is 2.57 bits per heavy atom. The quantitative estimate of drug-likeness (QED) is 0.202. The Morgan fingerprint density at radius 1 is 1.86 bits per heavy atom. The molecule has 0 aromatic heterocycles. The van der Waals surface area contributed by atoms with Gasteiger partial charge in [-0.05, 0) is 12.2 Å². The summed E-state index contributed by atoms with van der Waals surface area (Å²) in [7, 11) is 3.03. The third-order valence-corrected chi connectivity index (χ3v) is 2.21. The van der Waals surface area contributed by atoms with E-state index in [-0.39, 0.29) is 0 Å². The van der Waals surface area contributed by atoms with E-state index in [9.17, 15) is 0 Å². The number of hydrogen-bond acceptors (Lipinski definition) is 4. The zero-order chi connectivity index (χ0) is 5.54. The minimum absolute atomic E-state index is 1.06. The van der Waals surface area contributed by atoms with Crippen molar-refractivity contribution in [1.29, 1.82) is 0 Å². The van der Waals surface area contributed by atoms with Crippen LogP contribution >= 0.6 is 34.0 Å². The van der Waals surface area contributed by atoms with Crippen LogP contribution in [-0.2, 0) is 0 Å². The second-order valence-corrected chi connectivity index (χ2v) is 3.15. The fourth-order valence-electron chi connectivity index (χ4n) is 0.0943. The molecule has 0 amide bonds. The van der Waals surface area contributed by atoms with Crippen molar-refractivity contribution in [1.82, 2.24) is 0 Å². The van der Waals surface area contributed by atoms with E-state index in [1.165, 1.54) is 11.0 Å². The van der Waals surface area contributed by atoms with Crippen molar-refractivity contribution in [3.05, 3.63) is 0 Å². The monoisotopic (exact) mass is 151 g/mol. The van der Waals surface area contributed by atoms with Gasteiger partial charge in [-0.2, -0.15) is 0 Å². The predicted molar refractivity (Wildman–Crippen MR) is 40.7 cm³/mol. The van der Waals surface area contributed by atoms with Gasteiger partial charge in [0.15, 0.2) is 0 Å². The molecule has 0 heterocycles. The number of nitrogens with zero attached hydrogens (tertiary/aromatic N) is 1. The van der Waals surface area contributed by atoms with Gasteiger partial charge in [-0.1, -0.05) is 17.7 Å². The van der Waals surface area contributed by atoms with Gasteiger partial charge >= 0.3 is 0 Å². The second kappa shape index (κ2) is 6.50. The topological polar surface area (TPSA) is 12.4 Å². The first kappa shape index (κ1) is 7.50. The molecule has 0 aliphatic carbocycles. The van der Waals surface area contributed by atoms with Gasteiger partial charge in [0.2, 0.25) is 0 Å². The SMILES string of the molecule is CCSSN=C=S. The number of thiocarbonyl (C=S) groups is 1. The summed E-state index contributed by atoms with van der Waals surface area (Å²) in [6.07, 6.45) is 0. The molecule has 0 aromatic carbocycles. The molecule has 40 valence electrons. The third kappa shape index (κ3) is 6.50. The highest BCUT2D eigenvalue weighted by Crippen LogP contribution is 2.19. The minimum Gasteiger partial charge on any atom is -0.150 e. The van der Waals surface area contributed by atoms with Crippen molar-refractivity contribution >= 4 is 39.2 Å². The van der Waals surface area contributed by atoms with E-state index in [4.69, 9.17) is 0 Å². The summed E-state index contributed by atoms with van der Waals surface area (Å²) < 4.78 is 3.61. The van der Waals surface area contributed by atoms with Crippen molar-refractivity contribution in [2.45, 2.75) is 6.92 Å². The molecule has 0 unspecified atom stereocenters. The summed E-state index contributed by atoms with van der Waals surface area (Å²) in [5.74, 6) is 1.06. The van der Waals surface area contributed by atoms with Crippen LogP contribution in [0.5, 0.6) is 0 Å². The van der Waals surface area contributed by atoms with E-state index in [0.29, 0.717) is 0 Å². The predicted octanol–water partition coefficient (Wildman–Crippen LogP) is 2.41. The number of hydrogen-bond donors (Lipinski definition) is 0. The van der Waals surface area contributed by atoms with Crippen LogP contribution < -0.4 is 0 Å². The van der Waals surface area contributed by atoms with Gasteiger partial charge in [0.1, 0.15) is 0 Å². The lowest BCUT2D eigenvalue weighted by Gasteiger charge is -1.79. The highest BCUT2D eigenvalue weighted by Gasteiger charge is 1.75. The normalized spacial score (nSPS) is 7.57. The lowest BCUT2D eigenvalue weighted by Crippen LogP contribution is -1.51. The van der Waals surface area contributed by atoms with Crippen LogP contribution in [0.2, 0.25) is 0 Å². The average Bonchev–Trinajstić information content (AvgIpc) is 1.69. The maximum Gasteiger partial charge on any atom is 0.0728 e. The minimum atomic E-state index is 1.06. The molecule has 0 aliphatic rings. The molecule has 4 heteroatoms. The van der Waals surface area contributed by atoms with Gasteiger partial charge in [-0.3, -0.25) is 0 Å². The molecule has 0 aromatic rings. The van der Waals surface area contributed by atoms with Gasteiger partial charge < -0.3 is 0 Å². The van der Waals surface area contributed by atoms with Gasteiger partial charge in [0.05, 0.1) is 16.1 Å². The maximum atomic E-state index is 4.31. The van der Waals surface area contributed by atoms with Crippen LogP contribution in [0.25, 0.3) is 0 Å². The summed E-state index contributed by atoms with van der Waals surface area (Å²) in [5, 5.41) is 2.25. The van der Waals surface area contributed by atoms with E-state index in [2.05, 4.69) is 28.7 Å². The summed E-state index contributed by atoms with van der Waals surface area (Å²) in [5.41, 5.74) is 0. The first-order chi connectivity index (χ1) is 3.41. The highest BCUT2D eigenvalue weighted by atomic mass is 33.1. The van der Waals surface area contributed by atoms with Crippen LogP contribution in [0.15, 0.2) is 4.40 Å². The van der Waals surface area contributed by atoms with Gasteiger partial charge in [0, 0.05) is 5.75 Å². The molecule has 0 saturated heterocycles. The molecule has 0 radical (unpaired) electrons. The molecular formula is C3H5NS3. The zero-order valence-electron chi connectivity index (χ0n) is 3.88. The van der Waals surface area contributed by atoms with Gasteiger partial charge in [-0.25, -0.2) is 0 Å². The lowest BCUT2D eigenvalue weighted by atomic mass is 11.0. The fraction of sp³-hybridized carbons (Fsp3) is 0.667. The molecule has 1 nitrogen and oxygen atoms in total. The molecule has 0 aliphatic heterocycles. The Labute approximate surface area is 56.5 Å². The molecule has 0 rings (SSSR count). The lowest BCUT2D eigenvalue weighted by molar-refractivity contribution is 1.54. The first-order valence-corrected chi connectivity index (χ1v) is 4.46. The van der Waals surface area contributed by atoms with Crippen LogP contribution in [0.4, 0.5) is 0 Å². The third-order valence-electron chi connectivity index (χ3n) is 0.245. The highest BCUT2D eigenvalue weighted by molar-refractivity contribution is 8.76. The molecule has 0 spiro atoms. The summed E-state index contributed by atoms with van der Waals surface area (Å²) >= 11 is 4.31. The largest absolute Gasteiger partial charge is 0.150 e. The molecule has 0 atom stereocenters. The number of isothiocyanates is 1. The Morgan fingerprint density at radius 3 is 3.00 bits per heavy atom. The van der Waals surface area contributed by atoms with Crippen LogP contribution in [0, 0.1) is 0 Å². The van der Waals surface area contributed by atoms with E-state index in [1.807, 2.05) is 0 Å². The standard InChI is InChI=1S/C3H5NS3/c1-2-6-7-4-3-5/h2H2,1H3. The zero-order valence-corrected chi connectivity index (χ0v) is 6.33. The Bertz CT molecular complexity index is 76.2. The Hall–Kier alpha value is 0.500. The second-order valence-electron chi connectivity index (χ2n) is 0.664. The van der Waals surface area contributed by atoms with E-state index in [1.54, 1.807) is 10.8 Å². The van der Waals surface area contributed by atoms with Crippen molar-refractivity contribution in [2.24, 2.45) is 4.40 Å². The maximum absolute atomic E-state index is 4.31. The van der Waals surface area contributed by atoms with Crippen molar-refractivity contribution < 1.29 is 0 Å². The summed E-state index contributed by atoms with van der Waals surface area (Å²) in [4.78, 5) is 0. The van der Waals surface area contributed by atoms with E-state index in [0.717, 1.165) is 5.75 Å². The molecule has 0 N–H and O–H groups in total. The molecule has 0 bridgehead atoms. The van der Waals surface area contributed by atoms with Crippen molar-refractivity contribution in [3.63, 3.8) is 0 Å².